The summed E-state index contributed by atoms with van der Waals surface area (Å²) in [7, 11) is 0. The van der Waals surface area contributed by atoms with Crippen LogP contribution in [0.3, 0.4) is 0 Å². The van der Waals surface area contributed by atoms with E-state index in [4.69, 9.17) is 0 Å². The lowest BCUT2D eigenvalue weighted by molar-refractivity contribution is 1.44. The second-order valence-electron chi connectivity index (χ2n) is 4.81. The maximum Gasteiger partial charge on any atom is 0.0387 e. The molecule has 3 rings (SSSR count). The number of benzene rings is 3. The molecule has 1 radical (unpaired) electrons. The van der Waals surface area contributed by atoms with Crippen molar-refractivity contribution in [2.45, 2.75) is 6.92 Å². The van der Waals surface area contributed by atoms with Gasteiger partial charge in [0, 0.05) is 11.4 Å². The van der Waals surface area contributed by atoms with E-state index in [9.17, 15) is 0 Å². The first-order valence-corrected chi connectivity index (χ1v) is 6.72. The molecular formula is C19H16N. The molecule has 0 aromatic heterocycles. The Bertz CT molecular complexity index is 687. The molecule has 0 saturated carbocycles. The molecule has 0 aliphatic rings. The fourth-order valence-electron chi connectivity index (χ4n) is 2.32. The van der Waals surface area contributed by atoms with Crippen molar-refractivity contribution in [1.29, 1.82) is 0 Å². The van der Waals surface area contributed by atoms with Crippen LogP contribution in [-0.4, -0.2) is 0 Å². The van der Waals surface area contributed by atoms with Crippen LogP contribution in [0.25, 0.3) is 11.1 Å². The molecule has 0 aliphatic heterocycles. The second kappa shape index (κ2) is 5.62. The molecule has 0 amide bonds. The van der Waals surface area contributed by atoms with Crippen molar-refractivity contribution in [3.63, 3.8) is 0 Å². The van der Waals surface area contributed by atoms with Gasteiger partial charge < -0.3 is 5.32 Å². The first-order valence-electron chi connectivity index (χ1n) is 6.72. The Hall–Kier alpha value is -2.54. The van der Waals surface area contributed by atoms with Gasteiger partial charge in [-0.05, 0) is 53.9 Å². The SMILES string of the molecule is Cc1cc(Nc2cc[c]cc2)ccc1-c1ccccc1. The number of hydrogen-bond acceptors (Lipinski definition) is 1. The maximum absolute atomic E-state index is 3.40. The Morgan fingerprint density at radius 2 is 1.55 bits per heavy atom. The van der Waals surface area contributed by atoms with E-state index < -0.39 is 0 Å². The van der Waals surface area contributed by atoms with Crippen LogP contribution in [0.2, 0.25) is 0 Å². The zero-order valence-corrected chi connectivity index (χ0v) is 11.4. The number of hydrogen-bond donors (Lipinski definition) is 1. The van der Waals surface area contributed by atoms with E-state index in [0.717, 1.165) is 11.4 Å². The minimum absolute atomic E-state index is 1.08. The summed E-state index contributed by atoms with van der Waals surface area (Å²) in [5, 5.41) is 3.40. The molecule has 0 unspecified atom stereocenters. The largest absolute Gasteiger partial charge is 0.356 e. The minimum atomic E-state index is 1.08. The van der Waals surface area contributed by atoms with Gasteiger partial charge in [-0.15, -0.1) is 0 Å². The summed E-state index contributed by atoms with van der Waals surface area (Å²) in [5.74, 6) is 0. The van der Waals surface area contributed by atoms with Crippen LogP contribution in [0.5, 0.6) is 0 Å². The number of aryl methyl sites for hydroxylation is 1. The van der Waals surface area contributed by atoms with E-state index in [1.165, 1.54) is 16.7 Å². The molecule has 97 valence electrons. The topological polar surface area (TPSA) is 12.0 Å². The molecule has 0 heterocycles. The molecule has 1 nitrogen and oxygen atoms in total. The van der Waals surface area contributed by atoms with Crippen molar-refractivity contribution >= 4 is 11.4 Å². The summed E-state index contributed by atoms with van der Waals surface area (Å²) in [6.07, 6.45) is 0. The van der Waals surface area contributed by atoms with Gasteiger partial charge in [-0.1, -0.05) is 48.5 Å². The predicted molar refractivity (Wildman–Crippen MR) is 85.2 cm³/mol. The zero-order valence-electron chi connectivity index (χ0n) is 11.4. The van der Waals surface area contributed by atoms with E-state index in [0.29, 0.717) is 0 Å². The Balaban J connectivity index is 1.88. The summed E-state index contributed by atoms with van der Waals surface area (Å²) in [6.45, 7) is 2.15. The van der Waals surface area contributed by atoms with Gasteiger partial charge in [0.15, 0.2) is 0 Å². The Kier molecular flexibility index (Phi) is 3.51. The molecule has 0 aliphatic carbocycles. The smallest absolute Gasteiger partial charge is 0.0387 e. The fraction of sp³-hybridized carbons (Fsp3) is 0.0526. The van der Waals surface area contributed by atoms with Crippen molar-refractivity contribution in [2.24, 2.45) is 0 Å². The molecular weight excluding hydrogens is 242 g/mol. The zero-order chi connectivity index (χ0) is 13.8. The Morgan fingerprint density at radius 1 is 0.800 bits per heavy atom. The van der Waals surface area contributed by atoms with E-state index in [1.54, 1.807) is 0 Å². The van der Waals surface area contributed by atoms with Crippen molar-refractivity contribution < 1.29 is 0 Å². The molecule has 1 heteroatoms. The molecule has 0 saturated heterocycles. The summed E-state index contributed by atoms with van der Waals surface area (Å²) < 4.78 is 0. The van der Waals surface area contributed by atoms with Crippen LogP contribution in [0, 0.1) is 13.0 Å². The van der Waals surface area contributed by atoms with Gasteiger partial charge in [0.2, 0.25) is 0 Å². The lowest BCUT2D eigenvalue weighted by Crippen LogP contribution is -1.91. The average molecular weight is 258 g/mol. The van der Waals surface area contributed by atoms with E-state index >= 15 is 0 Å². The van der Waals surface area contributed by atoms with E-state index in [2.05, 4.69) is 60.8 Å². The first kappa shape index (κ1) is 12.5. The monoisotopic (exact) mass is 258 g/mol. The summed E-state index contributed by atoms with van der Waals surface area (Å²) in [5.41, 5.74) is 5.98. The number of anilines is 2. The number of nitrogens with one attached hydrogen (secondary N) is 1. The van der Waals surface area contributed by atoms with E-state index in [-0.39, 0.29) is 0 Å². The molecule has 0 bridgehead atoms. The third-order valence-corrected chi connectivity index (χ3v) is 3.32. The second-order valence-corrected chi connectivity index (χ2v) is 4.81. The highest BCUT2D eigenvalue weighted by Crippen LogP contribution is 2.27. The van der Waals surface area contributed by atoms with Crippen LogP contribution in [0.1, 0.15) is 5.56 Å². The summed E-state index contributed by atoms with van der Waals surface area (Å²) in [6, 6.07) is 27.8. The molecule has 0 fully saturated rings. The van der Waals surface area contributed by atoms with Gasteiger partial charge in [0.25, 0.3) is 0 Å². The standard InChI is InChI=1S/C19H16N/c1-15-14-18(20-17-10-6-3-7-11-17)12-13-19(15)16-8-4-2-5-9-16/h2,4-14,20H,1H3. The third kappa shape index (κ3) is 2.72. The highest BCUT2D eigenvalue weighted by Gasteiger charge is 2.02. The maximum atomic E-state index is 3.40. The molecule has 0 atom stereocenters. The molecule has 1 N–H and O–H groups in total. The van der Waals surface area contributed by atoms with Gasteiger partial charge >= 0.3 is 0 Å². The van der Waals surface area contributed by atoms with Crippen molar-refractivity contribution in [2.75, 3.05) is 5.32 Å². The molecule has 20 heavy (non-hydrogen) atoms. The lowest BCUT2D eigenvalue weighted by Gasteiger charge is -2.11. The van der Waals surface area contributed by atoms with Crippen LogP contribution in [0.4, 0.5) is 11.4 Å². The fourth-order valence-corrected chi connectivity index (χ4v) is 2.32. The van der Waals surface area contributed by atoms with Crippen molar-refractivity contribution in [3.05, 3.63) is 84.4 Å². The molecule has 0 spiro atoms. The van der Waals surface area contributed by atoms with E-state index in [1.807, 2.05) is 30.3 Å². The van der Waals surface area contributed by atoms with Gasteiger partial charge in [-0.25, -0.2) is 0 Å². The molecule has 3 aromatic carbocycles. The van der Waals surface area contributed by atoms with Crippen molar-refractivity contribution in [1.82, 2.24) is 0 Å². The van der Waals surface area contributed by atoms with Gasteiger partial charge in [0.1, 0.15) is 0 Å². The predicted octanol–water partition coefficient (Wildman–Crippen LogP) is 5.21. The van der Waals surface area contributed by atoms with Gasteiger partial charge in [0.05, 0.1) is 0 Å². The normalized spacial score (nSPS) is 10.2. The minimum Gasteiger partial charge on any atom is -0.356 e. The third-order valence-electron chi connectivity index (χ3n) is 3.32. The number of rotatable bonds is 3. The first-order chi connectivity index (χ1) is 9.83. The van der Waals surface area contributed by atoms with Gasteiger partial charge in [-0.3, -0.25) is 0 Å². The summed E-state index contributed by atoms with van der Waals surface area (Å²) >= 11 is 0. The highest BCUT2D eigenvalue weighted by molar-refractivity contribution is 5.71. The van der Waals surface area contributed by atoms with Crippen molar-refractivity contribution in [3.8, 4) is 11.1 Å². The Labute approximate surface area is 119 Å². The molecule has 3 aromatic rings. The van der Waals surface area contributed by atoms with Crippen LogP contribution in [-0.2, 0) is 0 Å². The quantitative estimate of drug-likeness (QED) is 0.680. The van der Waals surface area contributed by atoms with Crippen LogP contribution >= 0.6 is 0 Å². The highest BCUT2D eigenvalue weighted by atomic mass is 14.9. The van der Waals surface area contributed by atoms with Crippen LogP contribution in [0.15, 0.2) is 72.8 Å². The Morgan fingerprint density at radius 3 is 2.25 bits per heavy atom. The van der Waals surface area contributed by atoms with Crippen LogP contribution < -0.4 is 5.32 Å². The van der Waals surface area contributed by atoms with Gasteiger partial charge in [-0.2, -0.15) is 0 Å². The lowest BCUT2D eigenvalue weighted by atomic mass is 10.00. The average Bonchev–Trinajstić information content (AvgIpc) is 2.49. The summed E-state index contributed by atoms with van der Waals surface area (Å²) in [4.78, 5) is 0.